The smallest absolute Gasteiger partial charge is 0.255 e. The third kappa shape index (κ3) is 4.73. The van der Waals surface area contributed by atoms with Gasteiger partial charge < -0.3 is 19.7 Å². The fraction of sp³-hybridized carbons (Fsp3) is 0.350. The zero-order valence-corrected chi connectivity index (χ0v) is 14.7. The highest BCUT2D eigenvalue weighted by molar-refractivity contribution is 6.04. The van der Waals surface area contributed by atoms with Crippen LogP contribution in [0.5, 0.6) is 5.75 Å². The van der Waals surface area contributed by atoms with E-state index in [1.54, 1.807) is 0 Å². The van der Waals surface area contributed by atoms with Crippen molar-refractivity contribution in [2.45, 2.75) is 20.0 Å². The number of amides is 1. The summed E-state index contributed by atoms with van der Waals surface area (Å²) in [6.07, 6.45) is 0.130. The molecular formula is C20H24N2O3. The minimum atomic E-state index is -0.119. The Balaban J connectivity index is 1.60. The van der Waals surface area contributed by atoms with Gasteiger partial charge in [0.15, 0.2) is 0 Å². The maximum atomic E-state index is 12.4. The maximum Gasteiger partial charge on any atom is 0.255 e. The molecular weight excluding hydrogens is 316 g/mol. The summed E-state index contributed by atoms with van der Waals surface area (Å²) >= 11 is 0. The highest BCUT2D eigenvalue weighted by Crippen LogP contribution is 2.19. The summed E-state index contributed by atoms with van der Waals surface area (Å²) in [5.41, 5.74) is 2.51. The molecule has 0 aromatic heterocycles. The number of nitrogens with one attached hydrogen (secondary N) is 1. The van der Waals surface area contributed by atoms with Gasteiger partial charge in [-0.3, -0.25) is 4.79 Å². The van der Waals surface area contributed by atoms with E-state index in [9.17, 15) is 4.79 Å². The van der Waals surface area contributed by atoms with Gasteiger partial charge in [-0.15, -0.1) is 0 Å². The van der Waals surface area contributed by atoms with Crippen LogP contribution in [0.25, 0.3) is 0 Å². The predicted molar refractivity (Wildman–Crippen MR) is 99.6 cm³/mol. The molecule has 1 amide bonds. The third-order valence-electron chi connectivity index (χ3n) is 3.99. The Bertz CT molecular complexity index is 690. The molecule has 0 atom stereocenters. The fourth-order valence-corrected chi connectivity index (χ4v) is 2.74. The van der Waals surface area contributed by atoms with E-state index in [1.165, 1.54) is 0 Å². The zero-order valence-electron chi connectivity index (χ0n) is 14.7. The van der Waals surface area contributed by atoms with Gasteiger partial charge in [-0.1, -0.05) is 0 Å². The molecule has 1 aliphatic heterocycles. The van der Waals surface area contributed by atoms with Gasteiger partial charge in [-0.25, -0.2) is 0 Å². The molecule has 0 aliphatic carbocycles. The molecule has 5 heteroatoms. The van der Waals surface area contributed by atoms with Crippen LogP contribution in [-0.4, -0.2) is 38.3 Å². The monoisotopic (exact) mass is 340 g/mol. The number of hydrogen-bond acceptors (Lipinski definition) is 4. The number of anilines is 2. The molecule has 0 unspecified atom stereocenters. The minimum absolute atomic E-state index is 0.119. The highest BCUT2D eigenvalue weighted by atomic mass is 16.5. The topological polar surface area (TPSA) is 50.8 Å². The summed E-state index contributed by atoms with van der Waals surface area (Å²) in [5.74, 6) is 0.675. The summed E-state index contributed by atoms with van der Waals surface area (Å²) in [5, 5.41) is 2.91. The highest BCUT2D eigenvalue weighted by Gasteiger charge is 2.12. The Kier molecular flexibility index (Phi) is 5.56. The van der Waals surface area contributed by atoms with Crippen LogP contribution in [0.3, 0.4) is 0 Å². The van der Waals surface area contributed by atoms with E-state index in [4.69, 9.17) is 9.47 Å². The summed E-state index contributed by atoms with van der Waals surface area (Å²) in [6, 6.07) is 15.1. The van der Waals surface area contributed by atoms with Crippen LogP contribution in [0.2, 0.25) is 0 Å². The lowest BCUT2D eigenvalue weighted by atomic mass is 10.1. The molecule has 5 nitrogen and oxygen atoms in total. The van der Waals surface area contributed by atoms with E-state index in [1.807, 2.05) is 62.4 Å². The SMILES string of the molecule is CC(C)Oc1ccc(NC(=O)c2ccc(N3CCOCC3)cc2)cc1. The summed E-state index contributed by atoms with van der Waals surface area (Å²) < 4.78 is 11.0. The van der Waals surface area contributed by atoms with Gasteiger partial charge in [-0.05, 0) is 62.4 Å². The van der Waals surface area contributed by atoms with Crippen molar-refractivity contribution in [1.29, 1.82) is 0 Å². The van der Waals surface area contributed by atoms with Crippen molar-refractivity contribution in [3.8, 4) is 5.75 Å². The Morgan fingerprint density at radius 3 is 2.28 bits per heavy atom. The fourth-order valence-electron chi connectivity index (χ4n) is 2.74. The average Bonchev–Trinajstić information content (AvgIpc) is 2.64. The van der Waals surface area contributed by atoms with Crippen LogP contribution in [0.4, 0.5) is 11.4 Å². The van der Waals surface area contributed by atoms with E-state index in [0.29, 0.717) is 5.56 Å². The number of morpholine rings is 1. The van der Waals surface area contributed by atoms with Crippen LogP contribution >= 0.6 is 0 Å². The molecule has 1 aliphatic rings. The lowest BCUT2D eigenvalue weighted by Crippen LogP contribution is -2.36. The number of carbonyl (C=O) groups excluding carboxylic acids is 1. The Morgan fingerprint density at radius 2 is 1.68 bits per heavy atom. The van der Waals surface area contributed by atoms with Gasteiger partial charge in [0.25, 0.3) is 5.91 Å². The number of carbonyl (C=O) groups is 1. The van der Waals surface area contributed by atoms with Crippen LogP contribution in [0, 0.1) is 0 Å². The standard InChI is InChI=1S/C20H24N2O3/c1-15(2)25-19-9-5-17(6-10-19)21-20(23)16-3-7-18(8-4-16)22-11-13-24-14-12-22/h3-10,15H,11-14H2,1-2H3,(H,21,23). The summed E-state index contributed by atoms with van der Waals surface area (Å²) in [7, 11) is 0. The molecule has 0 radical (unpaired) electrons. The summed E-state index contributed by atoms with van der Waals surface area (Å²) in [4.78, 5) is 14.7. The molecule has 2 aromatic carbocycles. The molecule has 1 fully saturated rings. The van der Waals surface area contributed by atoms with Crippen molar-refractivity contribution in [2.75, 3.05) is 36.5 Å². The second kappa shape index (κ2) is 8.03. The van der Waals surface area contributed by atoms with Gasteiger partial charge in [0.1, 0.15) is 5.75 Å². The first-order valence-electron chi connectivity index (χ1n) is 8.62. The van der Waals surface area contributed by atoms with Gasteiger partial charge in [0, 0.05) is 30.0 Å². The lowest BCUT2D eigenvalue weighted by Gasteiger charge is -2.28. The number of benzene rings is 2. The van der Waals surface area contributed by atoms with Crippen LogP contribution in [0.1, 0.15) is 24.2 Å². The maximum absolute atomic E-state index is 12.4. The average molecular weight is 340 g/mol. The molecule has 0 saturated carbocycles. The molecule has 1 N–H and O–H groups in total. The van der Waals surface area contributed by atoms with Crippen molar-refractivity contribution in [2.24, 2.45) is 0 Å². The second-order valence-electron chi connectivity index (χ2n) is 6.29. The number of ether oxygens (including phenoxy) is 2. The first-order chi connectivity index (χ1) is 12.1. The molecule has 1 heterocycles. The molecule has 0 bridgehead atoms. The molecule has 0 spiro atoms. The van der Waals surface area contributed by atoms with Gasteiger partial charge in [0.2, 0.25) is 0 Å². The van der Waals surface area contributed by atoms with Crippen molar-refractivity contribution >= 4 is 17.3 Å². The van der Waals surface area contributed by atoms with E-state index < -0.39 is 0 Å². The third-order valence-corrected chi connectivity index (χ3v) is 3.99. The molecule has 1 saturated heterocycles. The normalized spacial score (nSPS) is 14.4. The first kappa shape index (κ1) is 17.3. The van der Waals surface area contributed by atoms with E-state index in [0.717, 1.165) is 43.4 Å². The van der Waals surface area contributed by atoms with E-state index in [2.05, 4.69) is 10.2 Å². The molecule has 25 heavy (non-hydrogen) atoms. The van der Waals surface area contributed by atoms with E-state index >= 15 is 0 Å². The summed E-state index contributed by atoms with van der Waals surface area (Å²) in [6.45, 7) is 7.23. The molecule has 2 aromatic rings. The number of rotatable bonds is 5. The number of nitrogens with zero attached hydrogens (tertiary/aromatic N) is 1. The predicted octanol–water partition coefficient (Wildman–Crippen LogP) is 3.56. The molecule has 132 valence electrons. The Hall–Kier alpha value is -2.53. The minimum Gasteiger partial charge on any atom is -0.491 e. The Labute approximate surface area is 148 Å². The van der Waals surface area contributed by atoms with Gasteiger partial charge in [0.05, 0.1) is 19.3 Å². The van der Waals surface area contributed by atoms with Gasteiger partial charge in [-0.2, -0.15) is 0 Å². The van der Waals surface area contributed by atoms with Crippen LogP contribution in [0.15, 0.2) is 48.5 Å². The number of hydrogen-bond donors (Lipinski definition) is 1. The second-order valence-corrected chi connectivity index (χ2v) is 6.29. The molecule has 3 rings (SSSR count). The van der Waals surface area contributed by atoms with Crippen LogP contribution < -0.4 is 15.0 Å². The zero-order chi connectivity index (χ0) is 17.6. The van der Waals surface area contributed by atoms with E-state index in [-0.39, 0.29) is 12.0 Å². The quantitative estimate of drug-likeness (QED) is 0.904. The lowest BCUT2D eigenvalue weighted by molar-refractivity contribution is 0.102. The Morgan fingerprint density at radius 1 is 1.04 bits per heavy atom. The first-order valence-corrected chi connectivity index (χ1v) is 8.62. The van der Waals surface area contributed by atoms with Crippen LogP contribution in [-0.2, 0) is 4.74 Å². The van der Waals surface area contributed by atoms with Crippen molar-refractivity contribution < 1.29 is 14.3 Å². The largest absolute Gasteiger partial charge is 0.491 e. The van der Waals surface area contributed by atoms with Crippen molar-refractivity contribution in [3.63, 3.8) is 0 Å². The van der Waals surface area contributed by atoms with Crippen molar-refractivity contribution in [3.05, 3.63) is 54.1 Å². The van der Waals surface area contributed by atoms with Crippen molar-refractivity contribution in [1.82, 2.24) is 0 Å². The van der Waals surface area contributed by atoms with Gasteiger partial charge >= 0.3 is 0 Å².